The van der Waals surface area contributed by atoms with E-state index in [1.54, 1.807) is 36.8 Å². The summed E-state index contributed by atoms with van der Waals surface area (Å²) >= 11 is 18.2. The number of carboxylic acids is 1. The minimum Gasteiger partial charge on any atom is 2.00 e. The molecule has 0 aromatic carbocycles. The molecule has 4 atom stereocenters. The Kier molecular flexibility index (Phi) is 159. The average molecular weight is 1860 g/mol. The van der Waals surface area contributed by atoms with Gasteiger partial charge >= 0.3 is 66.8 Å². The van der Waals surface area contributed by atoms with Crippen molar-refractivity contribution in [3.8, 4) is 0 Å². The van der Waals surface area contributed by atoms with Gasteiger partial charge < -0.3 is 76.0 Å². The van der Waals surface area contributed by atoms with Crippen LogP contribution in [0.1, 0.15) is 278 Å². The fourth-order valence-electron chi connectivity index (χ4n) is 8.23. The Morgan fingerprint density at radius 3 is 0.804 bits per heavy atom. The summed E-state index contributed by atoms with van der Waals surface area (Å²) in [5.74, 6) is -0.664. The predicted octanol–water partition coefficient (Wildman–Crippen LogP) is 27.4. The molecule has 1 aliphatic rings. The van der Waals surface area contributed by atoms with E-state index in [2.05, 4.69) is 149 Å². The van der Waals surface area contributed by atoms with E-state index in [1.807, 2.05) is 132 Å². The number of hydrogen-bond acceptors (Lipinski definition) is 28. The molecule has 1 saturated heterocycles. The first kappa shape index (κ1) is 121. The van der Waals surface area contributed by atoms with Gasteiger partial charge in [-0.25, -0.2) is 0 Å². The van der Waals surface area contributed by atoms with Crippen LogP contribution in [0.15, 0.2) is 12.2 Å². The van der Waals surface area contributed by atoms with Gasteiger partial charge in [0.25, 0.3) is 0 Å². The van der Waals surface area contributed by atoms with Gasteiger partial charge in [0.15, 0.2) is 12.6 Å². The molecule has 0 aromatic heterocycles. The molecular weight excluding hydrogens is 1730 g/mol. The number of aliphatic hydroxyl groups is 4. The van der Waals surface area contributed by atoms with Crippen LogP contribution in [0.4, 0.5) is 0 Å². The first-order chi connectivity index (χ1) is 44.1. The van der Waals surface area contributed by atoms with Crippen molar-refractivity contribution >= 4 is 241 Å². The molecule has 32 heteroatoms. The molecule has 5 N–H and O–H groups in total. The maximum Gasteiger partial charge on any atom is 2.00 e. The van der Waals surface area contributed by atoms with Crippen molar-refractivity contribution in [3.63, 3.8) is 0 Å². The van der Waals surface area contributed by atoms with Gasteiger partial charge in [-0.15, -0.1) is 0 Å². The van der Waals surface area contributed by atoms with Crippen molar-refractivity contribution in [2.24, 2.45) is 0 Å². The van der Waals surface area contributed by atoms with E-state index in [-0.39, 0.29) is 57.2 Å². The molecule has 0 amide bonds. The number of rotatable bonds is 55. The summed E-state index contributed by atoms with van der Waals surface area (Å²) in [4.78, 5) is 10.3. The van der Waals surface area contributed by atoms with E-state index in [4.69, 9.17) is 18.9 Å². The minimum atomic E-state index is -1.16. The van der Waals surface area contributed by atoms with E-state index >= 15 is 0 Å². The maximum absolute atomic E-state index is 10.3. The monoisotopic (exact) mass is 1850 g/mol. The van der Waals surface area contributed by atoms with Crippen LogP contribution in [-0.2, 0) is 116 Å². The summed E-state index contributed by atoms with van der Waals surface area (Å²) in [5, 5.41) is 47.8. The second-order valence-electron chi connectivity index (χ2n) is 19.8. The summed E-state index contributed by atoms with van der Waals surface area (Å²) in [5.41, 5.74) is 0. The molecule has 0 spiro atoms. The molecule has 1 rings (SSSR count). The fourth-order valence-corrected chi connectivity index (χ4v) is 44.4. The van der Waals surface area contributed by atoms with Crippen LogP contribution in [0.3, 0.4) is 0 Å². The van der Waals surface area contributed by atoms with E-state index in [1.165, 1.54) is 199 Å². The molecule has 1 fully saturated rings. The number of unbranched alkanes of at least 4 members (excludes halogenated alkanes) is 27. The quantitative estimate of drug-likeness (QED) is 0.00986. The second kappa shape index (κ2) is 120. The standard InChI is InChI=1S/C36H74O4S9.C18H34O2.C2H6S.4CH4S.O.S8.3Zn/c1-5-7-9-11-14-20-26-32(44-48-42-4)34(28-22-16-13-18-24-30-36(39)40)46-49-45-33(25-19-10-8-6-2)31(43-47-41-3)27-21-15-12-17-23-29-35(37)38;1-2-3-4-5-6-7-8-9-10-11-12-13-14-15-16-17-18(19)20;1-3-2;4*1-2;;1-2-4-6-8-7-5-3-1;;;/h31-40H,5-30H2,1-4H3;9-10H,2-8,11-17H2,1H3,(H,19,20);1-2H3;4*2H,1H3;;;;;/q;;;;;;;;;;2*+2/p-4/b;10-9-;;;;;;;;;;. The Bertz CT molecular complexity index is 1220. The first-order valence-corrected chi connectivity index (χ1v) is 60.3. The van der Waals surface area contributed by atoms with Crippen molar-refractivity contribution in [1.29, 1.82) is 0 Å². The number of carbonyl (C=O) groups is 1. The largest absolute Gasteiger partial charge is 2.00 e. The van der Waals surface area contributed by atoms with Crippen molar-refractivity contribution < 1.29 is 91.1 Å². The normalized spacial score (nSPS) is 12.8. The summed E-state index contributed by atoms with van der Waals surface area (Å²) in [6, 6.07) is 0. The van der Waals surface area contributed by atoms with Crippen LogP contribution in [0, 0.1) is 0 Å². The Morgan fingerprint density at radius 1 is 0.359 bits per heavy atom. The third-order valence-electron chi connectivity index (χ3n) is 12.6. The van der Waals surface area contributed by atoms with Gasteiger partial charge in [0, 0.05) is 106 Å². The van der Waals surface area contributed by atoms with Crippen molar-refractivity contribution in [3.05, 3.63) is 12.2 Å². The van der Waals surface area contributed by atoms with Crippen LogP contribution < -0.4 is 0 Å². The SMILES string of the molecule is CCCCCCCC/C=C\CCCCCCCC(=O)O.CCCCCCCCC(SSSC)C(CCCCCCCC(O)O)SSSC(CCCCCC)C(CCCCCCCC(O)O)SSSC.CSC.C[S-].C[S-].C[S-].C[S-].S1SSSSSSS1.[O]=[Zn].[Zn+2].[Zn+2]. The summed E-state index contributed by atoms with van der Waals surface area (Å²) in [6.07, 6.45) is 64.8. The molecule has 92 heavy (non-hydrogen) atoms. The molecule has 1 heterocycles. The van der Waals surface area contributed by atoms with Gasteiger partial charge in [-0.05, 0) is 138 Å². The topological polar surface area (TPSA) is 135 Å². The zero-order chi connectivity index (χ0) is 69.5. The molecule has 0 bridgehead atoms. The number of allylic oxidation sites excluding steroid dienone is 2. The average Bonchev–Trinajstić information content (AvgIpc) is 3.69. The van der Waals surface area contributed by atoms with Gasteiger partial charge in [0.1, 0.15) is 0 Å². The Hall–Kier alpha value is 8.42. The van der Waals surface area contributed by atoms with Crippen molar-refractivity contribution in [2.75, 3.05) is 50.0 Å². The van der Waals surface area contributed by atoms with Crippen LogP contribution in [0.25, 0.3) is 0 Å². The zero-order valence-corrected chi connectivity index (χ0v) is 85.4. The molecule has 7 nitrogen and oxygen atoms in total. The summed E-state index contributed by atoms with van der Waals surface area (Å²) < 4.78 is 8.38. The number of thioether (sulfide) groups is 1. The number of carboxylic acid groups (broad SMARTS) is 1. The Labute approximate surface area is 695 Å². The summed E-state index contributed by atoms with van der Waals surface area (Å²) in [7, 11) is 33.1. The van der Waals surface area contributed by atoms with E-state index in [0.717, 1.165) is 38.5 Å². The summed E-state index contributed by atoms with van der Waals surface area (Å²) in [6.45, 7) is 6.87. The molecule has 0 radical (unpaired) electrons. The molecule has 1 aliphatic heterocycles. The van der Waals surface area contributed by atoms with Crippen molar-refractivity contribution in [2.45, 2.75) is 311 Å². The van der Waals surface area contributed by atoms with Crippen LogP contribution in [0.2, 0.25) is 0 Å². The van der Waals surface area contributed by atoms with Gasteiger partial charge in [0.05, 0.1) is 0 Å². The van der Waals surface area contributed by atoms with E-state index < -0.39 is 18.5 Å². The number of hydrogen-bond donors (Lipinski definition) is 5. The molecule has 546 valence electrons. The Balaban J connectivity index is -0.000000159. The smallest absolute Gasteiger partial charge is 2.00 e. The van der Waals surface area contributed by atoms with E-state index in [0.29, 0.717) is 40.3 Å². The first-order valence-electron chi connectivity index (χ1n) is 32.0. The second-order valence-corrected chi connectivity index (χ2v) is 48.3. The van der Waals surface area contributed by atoms with Crippen LogP contribution in [0.5, 0.6) is 0 Å². The van der Waals surface area contributed by atoms with E-state index in [9.17, 15) is 15.0 Å². The molecule has 0 saturated carbocycles. The Morgan fingerprint density at radius 2 is 0.565 bits per heavy atom. The third kappa shape index (κ3) is 117. The predicted molar refractivity (Wildman–Crippen MR) is 464 cm³/mol. The fraction of sp³-hybridized carbons (Fsp3) is 0.950. The van der Waals surface area contributed by atoms with Crippen molar-refractivity contribution in [1.82, 2.24) is 0 Å². The molecule has 4 unspecified atom stereocenters. The van der Waals surface area contributed by atoms with Gasteiger partial charge in [-0.1, -0.05) is 265 Å². The minimum absolute atomic E-state index is 0. The molecule has 0 aromatic rings. The van der Waals surface area contributed by atoms with Crippen LogP contribution in [-0.4, -0.2) is 115 Å². The molecule has 0 aliphatic carbocycles. The van der Waals surface area contributed by atoms with Crippen LogP contribution >= 0.6 is 185 Å². The van der Waals surface area contributed by atoms with Gasteiger partial charge in [-0.3, -0.25) is 4.79 Å². The van der Waals surface area contributed by atoms with Gasteiger partial charge in [-0.2, -0.15) is 36.8 Å². The van der Waals surface area contributed by atoms with Gasteiger partial charge in [0.2, 0.25) is 0 Å². The zero-order valence-electron chi connectivity index (χ0n) is 58.6. The number of aliphatic carboxylic acids is 1. The number of aliphatic hydroxyl groups excluding tert-OH is 2. The third-order valence-corrected chi connectivity index (χ3v) is 44.5. The molecular formula is C60H126O7S22Zn3. The maximum atomic E-state index is 10.3.